The van der Waals surface area contributed by atoms with Crippen LogP contribution in [-0.4, -0.2) is 59.2 Å². The predicted molar refractivity (Wildman–Crippen MR) is 105 cm³/mol. The molecular weight excluding hydrogens is 312 g/mol. The van der Waals surface area contributed by atoms with Crippen molar-refractivity contribution >= 4 is 11.9 Å². The molecule has 1 unspecified atom stereocenters. The third-order valence-electron chi connectivity index (χ3n) is 4.99. The number of nitrogens with zero attached hydrogens (tertiary/aromatic N) is 6. The third-order valence-corrected chi connectivity index (χ3v) is 4.99. The zero-order valence-electron chi connectivity index (χ0n) is 16.8. The summed E-state index contributed by atoms with van der Waals surface area (Å²) < 4.78 is 0. The summed E-state index contributed by atoms with van der Waals surface area (Å²) in [6.07, 6.45) is 8.30. The summed E-state index contributed by atoms with van der Waals surface area (Å²) in [5, 5.41) is 0. The fraction of sp³-hybridized carbons (Fsp3) is 0.842. The maximum atomic E-state index is 4.73. The van der Waals surface area contributed by atoms with E-state index in [1.807, 2.05) is 6.92 Å². The Morgan fingerprint density at radius 3 is 2.32 bits per heavy atom. The first kappa shape index (κ1) is 19.9. The van der Waals surface area contributed by atoms with Crippen molar-refractivity contribution in [2.45, 2.75) is 72.4 Å². The minimum Gasteiger partial charge on any atom is -0.344 e. The molecule has 2 heterocycles. The van der Waals surface area contributed by atoms with Gasteiger partial charge in [-0.1, -0.05) is 52.9 Å². The molecule has 0 saturated carbocycles. The van der Waals surface area contributed by atoms with Gasteiger partial charge in [0.2, 0.25) is 11.9 Å². The molecule has 2 rings (SSSR count). The van der Waals surface area contributed by atoms with Crippen molar-refractivity contribution < 1.29 is 0 Å². The van der Waals surface area contributed by atoms with Crippen LogP contribution in [0.5, 0.6) is 0 Å². The van der Waals surface area contributed by atoms with Gasteiger partial charge in [-0.05, 0) is 26.4 Å². The van der Waals surface area contributed by atoms with Crippen molar-refractivity contribution in [1.82, 2.24) is 19.9 Å². The van der Waals surface area contributed by atoms with Gasteiger partial charge in [0.25, 0.3) is 0 Å². The molecule has 0 aliphatic carbocycles. The minimum absolute atomic E-state index is 0.452. The number of rotatable bonds is 12. The van der Waals surface area contributed by atoms with Crippen molar-refractivity contribution in [3.05, 3.63) is 5.82 Å². The van der Waals surface area contributed by atoms with Gasteiger partial charge in [0.15, 0.2) is 0 Å². The maximum Gasteiger partial charge on any atom is 0.231 e. The Hall–Kier alpha value is -1.43. The monoisotopic (exact) mass is 348 g/mol. The molecule has 1 atom stereocenters. The van der Waals surface area contributed by atoms with Crippen LogP contribution in [0.1, 0.15) is 65.1 Å². The fourth-order valence-electron chi connectivity index (χ4n) is 3.28. The molecule has 0 amide bonds. The highest BCUT2D eigenvalue weighted by atomic mass is 15.5. The Kier molecular flexibility index (Phi) is 7.88. The summed E-state index contributed by atoms with van der Waals surface area (Å²) in [5.41, 5.74) is 0. The van der Waals surface area contributed by atoms with Gasteiger partial charge in [-0.15, -0.1) is 0 Å². The number of likely N-dealkylation sites (N-methyl/N-ethyl adjacent to an activating group) is 1. The van der Waals surface area contributed by atoms with Crippen LogP contribution in [0.2, 0.25) is 0 Å². The lowest BCUT2D eigenvalue weighted by Gasteiger charge is -2.20. The molecule has 6 heteroatoms. The van der Waals surface area contributed by atoms with E-state index in [-0.39, 0.29) is 0 Å². The van der Waals surface area contributed by atoms with Gasteiger partial charge >= 0.3 is 0 Å². The average Bonchev–Trinajstić information content (AvgIpc) is 3.39. The summed E-state index contributed by atoms with van der Waals surface area (Å²) in [6.45, 7) is 12.8. The molecular formula is C19H36N6. The molecule has 1 saturated heterocycles. The van der Waals surface area contributed by atoms with Gasteiger partial charge in [-0.25, -0.2) is 0 Å². The summed E-state index contributed by atoms with van der Waals surface area (Å²) in [4.78, 5) is 20.7. The second-order valence-electron chi connectivity index (χ2n) is 7.03. The molecule has 0 aromatic carbocycles. The van der Waals surface area contributed by atoms with Gasteiger partial charge < -0.3 is 9.80 Å². The van der Waals surface area contributed by atoms with Crippen molar-refractivity contribution in [2.75, 3.05) is 43.0 Å². The number of hydrogen-bond acceptors (Lipinski definition) is 6. The lowest BCUT2D eigenvalue weighted by atomic mass is 10.1. The zero-order chi connectivity index (χ0) is 18.2. The third kappa shape index (κ3) is 5.80. The standard InChI is InChI=1S/C19H36N6/c1-6-9-10-11-12-13-14-23(5)18-20-16(4)21-19(22-18)25-15-17(25)24(7-2)8-3/h17H,6-15H2,1-5H3. The summed E-state index contributed by atoms with van der Waals surface area (Å²) in [5.74, 6) is 2.44. The van der Waals surface area contributed by atoms with Crippen LogP contribution in [0.25, 0.3) is 0 Å². The molecule has 6 nitrogen and oxygen atoms in total. The first-order valence-electron chi connectivity index (χ1n) is 10.0. The van der Waals surface area contributed by atoms with Gasteiger partial charge in [-0.3, -0.25) is 4.90 Å². The van der Waals surface area contributed by atoms with Crippen molar-refractivity contribution in [2.24, 2.45) is 0 Å². The average molecular weight is 349 g/mol. The summed E-state index contributed by atoms with van der Waals surface area (Å²) in [6, 6.07) is 0. The molecule has 1 aliphatic rings. The van der Waals surface area contributed by atoms with E-state index in [4.69, 9.17) is 4.98 Å². The van der Waals surface area contributed by atoms with E-state index >= 15 is 0 Å². The number of anilines is 2. The topological polar surface area (TPSA) is 48.2 Å². The highest BCUT2D eigenvalue weighted by molar-refractivity contribution is 5.45. The minimum atomic E-state index is 0.452. The SMILES string of the molecule is CCCCCCCCN(C)c1nc(C)nc(N2CC2N(CC)CC)n1. The largest absolute Gasteiger partial charge is 0.344 e. The molecule has 0 radical (unpaired) electrons. The molecule has 25 heavy (non-hydrogen) atoms. The second-order valence-corrected chi connectivity index (χ2v) is 7.03. The van der Waals surface area contributed by atoms with E-state index in [0.29, 0.717) is 6.17 Å². The first-order valence-corrected chi connectivity index (χ1v) is 10.0. The Bertz CT molecular complexity index is 517. The fourth-order valence-corrected chi connectivity index (χ4v) is 3.28. The number of hydrogen-bond donors (Lipinski definition) is 0. The lowest BCUT2D eigenvalue weighted by molar-refractivity contribution is 0.296. The Balaban J connectivity index is 1.88. The number of aromatic nitrogens is 3. The van der Waals surface area contributed by atoms with Crippen LogP contribution in [-0.2, 0) is 0 Å². The number of aryl methyl sites for hydroxylation is 1. The molecule has 142 valence electrons. The Labute approximate surface area is 153 Å². The van der Waals surface area contributed by atoms with Crippen LogP contribution in [0.4, 0.5) is 11.9 Å². The van der Waals surface area contributed by atoms with E-state index in [1.165, 1.54) is 38.5 Å². The molecule has 1 fully saturated rings. The molecule has 0 bridgehead atoms. The maximum absolute atomic E-state index is 4.73. The highest BCUT2D eigenvalue weighted by Gasteiger charge is 2.40. The van der Waals surface area contributed by atoms with Crippen molar-refractivity contribution in [3.8, 4) is 0 Å². The van der Waals surface area contributed by atoms with Gasteiger partial charge in [0.1, 0.15) is 12.0 Å². The molecule has 1 aromatic heterocycles. The first-order chi connectivity index (χ1) is 12.1. The molecule has 1 aliphatic heterocycles. The van der Waals surface area contributed by atoms with E-state index in [2.05, 4.69) is 52.5 Å². The van der Waals surface area contributed by atoms with Crippen molar-refractivity contribution in [1.29, 1.82) is 0 Å². The van der Waals surface area contributed by atoms with E-state index in [9.17, 15) is 0 Å². The van der Waals surface area contributed by atoms with Crippen molar-refractivity contribution in [3.63, 3.8) is 0 Å². The van der Waals surface area contributed by atoms with Crippen LogP contribution >= 0.6 is 0 Å². The Morgan fingerprint density at radius 2 is 1.64 bits per heavy atom. The smallest absolute Gasteiger partial charge is 0.231 e. The lowest BCUT2D eigenvalue weighted by Crippen LogP contribution is -2.29. The van der Waals surface area contributed by atoms with Crippen LogP contribution < -0.4 is 9.80 Å². The molecule has 0 N–H and O–H groups in total. The van der Waals surface area contributed by atoms with Crippen LogP contribution in [0.15, 0.2) is 0 Å². The van der Waals surface area contributed by atoms with E-state index in [0.717, 1.165) is 43.9 Å². The van der Waals surface area contributed by atoms with Crippen LogP contribution in [0, 0.1) is 6.92 Å². The van der Waals surface area contributed by atoms with Gasteiger partial charge in [0, 0.05) is 13.6 Å². The zero-order valence-corrected chi connectivity index (χ0v) is 16.8. The molecule has 1 aromatic rings. The normalized spacial score (nSPS) is 16.6. The number of unbranched alkanes of at least 4 members (excludes halogenated alkanes) is 5. The van der Waals surface area contributed by atoms with E-state index < -0.39 is 0 Å². The van der Waals surface area contributed by atoms with Crippen LogP contribution in [0.3, 0.4) is 0 Å². The van der Waals surface area contributed by atoms with Gasteiger partial charge in [0.05, 0.1) is 6.54 Å². The highest BCUT2D eigenvalue weighted by Crippen LogP contribution is 2.27. The molecule has 0 spiro atoms. The summed E-state index contributed by atoms with van der Waals surface area (Å²) >= 11 is 0. The predicted octanol–water partition coefficient (Wildman–Crippen LogP) is 3.46. The van der Waals surface area contributed by atoms with Gasteiger partial charge in [-0.2, -0.15) is 15.0 Å². The second kappa shape index (κ2) is 9.90. The Morgan fingerprint density at radius 1 is 0.960 bits per heavy atom. The quantitative estimate of drug-likeness (QED) is 0.426. The summed E-state index contributed by atoms with van der Waals surface area (Å²) in [7, 11) is 2.09. The van der Waals surface area contributed by atoms with E-state index in [1.54, 1.807) is 0 Å².